The molecule has 0 bridgehead atoms. The molecule has 0 amide bonds. The van der Waals surface area contributed by atoms with Gasteiger partial charge in [-0.2, -0.15) is 0 Å². The lowest BCUT2D eigenvalue weighted by atomic mass is 10.0. The second kappa shape index (κ2) is 5.17. The maximum atomic E-state index is 4.91. The number of hydrogen-bond donors (Lipinski definition) is 0. The van der Waals surface area contributed by atoms with E-state index in [4.69, 9.17) is 9.97 Å². The molecule has 0 fully saturated rings. The molecule has 23 heavy (non-hydrogen) atoms. The van der Waals surface area contributed by atoms with Gasteiger partial charge in [-0.15, -0.1) is 0 Å². The number of hydrogen-bond acceptors (Lipinski definition) is 2. The molecule has 3 aromatic rings. The van der Waals surface area contributed by atoms with Crippen molar-refractivity contribution in [1.29, 1.82) is 0 Å². The summed E-state index contributed by atoms with van der Waals surface area (Å²) in [6.45, 7) is 8.13. The van der Waals surface area contributed by atoms with E-state index in [0.717, 1.165) is 24.5 Å². The van der Waals surface area contributed by atoms with E-state index in [2.05, 4.69) is 66.8 Å². The SMILES string of the molecule is C[Si](C)(C)c1cnc2n1CCc1nc(-c3ccccc3)ccc1-2. The highest BCUT2D eigenvalue weighted by atomic mass is 28.3. The van der Waals surface area contributed by atoms with Crippen molar-refractivity contribution in [2.45, 2.75) is 32.6 Å². The molecule has 1 aliphatic heterocycles. The third-order valence-corrected chi connectivity index (χ3v) is 6.42. The van der Waals surface area contributed by atoms with Crippen molar-refractivity contribution in [3.63, 3.8) is 0 Å². The zero-order valence-corrected chi connectivity index (χ0v) is 14.9. The van der Waals surface area contributed by atoms with Crippen LogP contribution >= 0.6 is 0 Å². The van der Waals surface area contributed by atoms with Crippen LogP contribution in [0.5, 0.6) is 0 Å². The summed E-state index contributed by atoms with van der Waals surface area (Å²) >= 11 is 0. The fraction of sp³-hybridized carbons (Fsp3) is 0.263. The normalized spacial score (nSPS) is 13.5. The summed E-state index contributed by atoms with van der Waals surface area (Å²) in [5, 5.41) is 1.44. The lowest BCUT2D eigenvalue weighted by Crippen LogP contribution is -2.43. The first-order chi connectivity index (χ1) is 11.0. The number of nitrogens with zero attached hydrogens (tertiary/aromatic N) is 3. The van der Waals surface area contributed by atoms with Crippen molar-refractivity contribution in [2.24, 2.45) is 0 Å². The number of fused-ring (bicyclic) bond motifs is 3. The summed E-state index contributed by atoms with van der Waals surface area (Å²) in [5.74, 6) is 1.09. The molecule has 3 heterocycles. The number of benzene rings is 1. The number of aryl methyl sites for hydroxylation is 1. The zero-order chi connectivity index (χ0) is 16.0. The molecule has 0 saturated carbocycles. The zero-order valence-electron chi connectivity index (χ0n) is 13.9. The van der Waals surface area contributed by atoms with Gasteiger partial charge in [0.25, 0.3) is 0 Å². The summed E-state index contributed by atoms with van der Waals surface area (Å²) in [6, 6.07) is 14.7. The van der Waals surface area contributed by atoms with Crippen LogP contribution in [0.25, 0.3) is 22.6 Å². The minimum absolute atomic E-state index is 0.983. The monoisotopic (exact) mass is 319 g/mol. The van der Waals surface area contributed by atoms with Crippen molar-refractivity contribution >= 4 is 13.4 Å². The van der Waals surface area contributed by atoms with Gasteiger partial charge in [0.2, 0.25) is 0 Å². The number of imidazole rings is 1. The molecule has 4 heteroatoms. The molecule has 0 aliphatic carbocycles. The van der Waals surface area contributed by atoms with E-state index in [9.17, 15) is 0 Å². The molecule has 4 rings (SSSR count). The third-order valence-electron chi connectivity index (χ3n) is 4.48. The maximum absolute atomic E-state index is 4.91. The largest absolute Gasteiger partial charge is 0.332 e. The molecule has 0 spiro atoms. The van der Waals surface area contributed by atoms with Gasteiger partial charge in [0.1, 0.15) is 13.9 Å². The molecular weight excluding hydrogens is 298 g/mol. The highest BCUT2D eigenvalue weighted by Crippen LogP contribution is 2.29. The molecule has 0 radical (unpaired) electrons. The molecule has 0 N–H and O–H groups in total. The number of rotatable bonds is 2. The standard InChI is InChI=1S/C19H21N3Si/c1-23(2,3)18-13-20-19-15-9-10-16(14-7-5-4-6-8-14)21-17(15)11-12-22(18)19/h4-10,13H,11-12H2,1-3H3. The third kappa shape index (κ3) is 2.43. The van der Waals surface area contributed by atoms with E-state index in [1.54, 1.807) is 0 Å². The Balaban J connectivity index is 1.80. The smallest absolute Gasteiger partial charge is 0.141 e. The fourth-order valence-corrected chi connectivity index (χ4v) is 4.78. The fourth-order valence-electron chi connectivity index (χ4n) is 3.30. The van der Waals surface area contributed by atoms with Crippen molar-refractivity contribution in [3.05, 3.63) is 54.4 Å². The Hall–Kier alpha value is -2.20. The molecule has 3 nitrogen and oxygen atoms in total. The molecule has 0 unspecified atom stereocenters. The summed E-state index contributed by atoms with van der Waals surface area (Å²) in [6.07, 6.45) is 3.07. The Labute approximate surface area is 138 Å². The Morgan fingerprint density at radius 3 is 2.52 bits per heavy atom. The van der Waals surface area contributed by atoms with Gasteiger partial charge in [-0.1, -0.05) is 50.0 Å². The van der Waals surface area contributed by atoms with Gasteiger partial charge in [0, 0.05) is 35.6 Å². The van der Waals surface area contributed by atoms with Gasteiger partial charge in [-0.25, -0.2) is 4.98 Å². The van der Waals surface area contributed by atoms with Crippen molar-refractivity contribution < 1.29 is 0 Å². The summed E-state index contributed by atoms with van der Waals surface area (Å²) in [5.41, 5.74) is 4.59. The molecular formula is C19H21N3Si. The first kappa shape index (κ1) is 14.4. The van der Waals surface area contributed by atoms with Crippen LogP contribution in [-0.4, -0.2) is 22.6 Å². The quantitative estimate of drug-likeness (QED) is 0.674. The second-order valence-corrected chi connectivity index (χ2v) is 12.2. The summed E-state index contributed by atoms with van der Waals surface area (Å²) in [4.78, 5) is 9.64. The molecule has 0 atom stereocenters. The van der Waals surface area contributed by atoms with E-state index >= 15 is 0 Å². The highest BCUT2D eigenvalue weighted by Gasteiger charge is 2.27. The Kier molecular flexibility index (Phi) is 3.23. The van der Waals surface area contributed by atoms with Crippen LogP contribution in [0.1, 0.15) is 5.69 Å². The van der Waals surface area contributed by atoms with Crippen molar-refractivity contribution in [3.8, 4) is 22.6 Å². The minimum atomic E-state index is -1.37. The van der Waals surface area contributed by atoms with E-state index in [0.29, 0.717) is 0 Å². The van der Waals surface area contributed by atoms with Crippen LogP contribution in [0.4, 0.5) is 0 Å². The van der Waals surface area contributed by atoms with Gasteiger partial charge in [0.05, 0.1) is 11.4 Å². The number of pyridine rings is 1. The van der Waals surface area contributed by atoms with E-state index in [1.807, 2.05) is 6.07 Å². The average molecular weight is 319 g/mol. The molecule has 2 aromatic heterocycles. The van der Waals surface area contributed by atoms with Gasteiger partial charge in [0.15, 0.2) is 0 Å². The van der Waals surface area contributed by atoms with Crippen LogP contribution in [0.2, 0.25) is 19.6 Å². The van der Waals surface area contributed by atoms with Gasteiger partial charge >= 0.3 is 0 Å². The lowest BCUT2D eigenvalue weighted by molar-refractivity contribution is 0.682. The first-order valence-corrected chi connectivity index (χ1v) is 11.7. The predicted molar refractivity (Wildman–Crippen MR) is 97.6 cm³/mol. The topological polar surface area (TPSA) is 30.7 Å². The minimum Gasteiger partial charge on any atom is -0.332 e. The van der Waals surface area contributed by atoms with Gasteiger partial charge in [-0.05, 0) is 12.1 Å². The Morgan fingerprint density at radius 2 is 1.78 bits per heavy atom. The van der Waals surface area contributed by atoms with Crippen LogP contribution in [0.15, 0.2) is 48.7 Å². The summed E-state index contributed by atoms with van der Waals surface area (Å²) < 4.78 is 2.42. The molecule has 1 aliphatic rings. The van der Waals surface area contributed by atoms with Gasteiger partial charge in [-0.3, -0.25) is 4.98 Å². The Morgan fingerprint density at radius 1 is 1.00 bits per heavy atom. The van der Waals surface area contributed by atoms with Crippen LogP contribution in [-0.2, 0) is 13.0 Å². The summed E-state index contributed by atoms with van der Waals surface area (Å²) in [7, 11) is -1.37. The molecule has 116 valence electrons. The molecule has 0 saturated heterocycles. The highest BCUT2D eigenvalue weighted by molar-refractivity contribution is 6.88. The van der Waals surface area contributed by atoms with Crippen molar-refractivity contribution in [1.82, 2.24) is 14.5 Å². The predicted octanol–water partition coefficient (Wildman–Crippen LogP) is 3.71. The first-order valence-electron chi connectivity index (χ1n) is 8.16. The average Bonchev–Trinajstić information content (AvgIpc) is 3.00. The lowest BCUT2D eigenvalue weighted by Gasteiger charge is -2.24. The van der Waals surface area contributed by atoms with Crippen molar-refractivity contribution in [2.75, 3.05) is 0 Å². The Bertz CT molecular complexity index is 860. The molecule has 1 aromatic carbocycles. The number of aromatic nitrogens is 3. The van der Waals surface area contributed by atoms with E-state index < -0.39 is 8.07 Å². The van der Waals surface area contributed by atoms with E-state index in [-0.39, 0.29) is 0 Å². The van der Waals surface area contributed by atoms with E-state index in [1.165, 1.54) is 22.1 Å². The van der Waals surface area contributed by atoms with Gasteiger partial charge < -0.3 is 4.57 Å². The van der Waals surface area contributed by atoms with Crippen LogP contribution < -0.4 is 5.32 Å². The maximum Gasteiger partial charge on any atom is 0.141 e. The second-order valence-electron chi connectivity index (χ2n) is 7.18. The van der Waals surface area contributed by atoms with Crippen LogP contribution in [0.3, 0.4) is 0 Å². The van der Waals surface area contributed by atoms with Crippen LogP contribution in [0, 0.1) is 0 Å².